The number of hydrogen-bond donors (Lipinski definition) is 1. The highest BCUT2D eigenvalue weighted by atomic mass is 32.2. The Morgan fingerprint density at radius 3 is 2.88 bits per heavy atom. The second-order valence-corrected chi connectivity index (χ2v) is 5.01. The first-order valence-electron chi connectivity index (χ1n) is 5.93. The zero-order chi connectivity index (χ0) is 12.5. The second-order valence-electron chi connectivity index (χ2n) is 3.95. The van der Waals surface area contributed by atoms with Crippen LogP contribution in [0.25, 0.3) is 0 Å². The van der Waals surface area contributed by atoms with E-state index in [9.17, 15) is 4.39 Å². The van der Waals surface area contributed by atoms with Crippen molar-refractivity contribution in [2.45, 2.75) is 30.2 Å². The Hall–Kier alpha value is -0.800. The smallest absolute Gasteiger partial charge is 0.136 e. The normalized spacial score (nSPS) is 12.4. The number of unbranched alkanes of at least 4 members (excludes halogenated alkanes) is 1. The van der Waals surface area contributed by atoms with Crippen molar-refractivity contribution >= 4 is 11.8 Å². The molecule has 0 fully saturated rings. The van der Waals surface area contributed by atoms with Gasteiger partial charge in [-0.05, 0) is 38.4 Å². The van der Waals surface area contributed by atoms with Crippen LogP contribution in [-0.4, -0.2) is 18.8 Å². The van der Waals surface area contributed by atoms with Gasteiger partial charge in [0.05, 0.1) is 0 Å². The lowest BCUT2D eigenvalue weighted by Gasteiger charge is -2.15. The van der Waals surface area contributed by atoms with Crippen LogP contribution in [0.15, 0.2) is 41.8 Å². The number of rotatable bonds is 8. The van der Waals surface area contributed by atoms with Crippen LogP contribution in [0.2, 0.25) is 0 Å². The third-order valence-electron chi connectivity index (χ3n) is 2.65. The zero-order valence-electron chi connectivity index (χ0n) is 10.3. The van der Waals surface area contributed by atoms with E-state index in [4.69, 9.17) is 0 Å². The molecule has 0 radical (unpaired) electrons. The molecule has 0 bridgehead atoms. The van der Waals surface area contributed by atoms with E-state index in [0.717, 1.165) is 29.9 Å². The second kappa shape index (κ2) is 8.31. The van der Waals surface area contributed by atoms with Crippen molar-refractivity contribution in [1.82, 2.24) is 5.32 Å². The number of nitrogens with one attached hydrogen (secondary N) is 1. The standard InChI is InChI=1S/C14H20FNS/c1-3-4-5-8-12(16-2)11-17-14-10-7-6-9-13(14)15/h3,6-7,9-10,12,16H,1,4-5,8,11H2,2H3. The van der Waals surface area contributed by atoms with Crippen molar-refractivity contribution in [2.75, 3.05) is 12.8 Å². The van der Waals surface area contributed by atoms with Gasteiger partial charge in [0.1, 0.15) is 5.82 Å². The van der Waals surface area contributed by atoms with Gasteiger partial charge in [-0.2, -0.15) is 0 Å². The van der Waals surface area contributed by atoms with Crippen LogP contribution in [0.5, 0.6) is 0 Å². The lowest BCUT2D eigenvalue weighted by atomic mass is 10.1. The molecule has 0 saturated heterocycles. The summed E-state index contributed by atoms with van der Waals surface area (Å²) in [5, 5.41) is 3.27. The molecule has 0 aliphatic rings. The highest BCUT2D eigenvalue weighted by molar-refractivity contribution is 7.99. The Morgan fingerprint density at radius 1 is 1.47 bits per heavy atom. The number of hydrogen-bond acceptors (Lipinski definition) is 2. The minimum absolute atomic E-state index is 0.126. The molecule has 0 amide bonds. The van der Waals surface area contributed by atoms with Gasteiger partial charge in [0.25, 0.3) is 0 Å². The molecular weight excluding hydrogens is 233 g/mol. The molecule has 1 nitrogen and oxygen atoms in total. The van der Waals surface area contributed by atoms with Gasteiger partial charge >= 0.3 is 0 Å². The Balaban J connectivity index is 2.37. The van der Waals surface area contributed by atoms with Gasteiger partial charge in [-0.25, -0.2) is 4.39 Å². The largest absolute Gasteiger partial charge is 0.316 e. The predicted molar refractivity (Wildman–Crippen MR) is 74.0 cm³/mol. The summed E-state index contributed by atoms with van der Waals surface area (Å²) in [4.78, 5) is 0.733. The van der Waals surface area contributed by atoms with Crippen LogP contribution in [0.3, 0.4) is 0 Å². The summed E-state index contributed by atoms with van der Waals surface area (Å²) in [6.45, 7) is 3.71. The van der Waals surface area contributed by atoms with Crippen molar-refractivity contribution < 1.29 is 4.39 Å². The van der Waals surface area contributed by atoms with Gasteiger partial charge in [0.2, 0.25) is 0 Å². The molecule has 0 aliphatic heterocycles. The van der Waals surface area contributed by atoms with Crippen LogP contribution in [0.1, 0.15) is 19.3 Å². The first-order valence-corrected chi connectivity index (χ1v) is 6.92. The molecule has 1 unspecified atom stereocenters. The molecule has 3 heteroatoms. The summed E-state index contributed by atoms with van der Waals surface area (Å²) in [5.74, 6) is 0.771. The van der Waals surface area contributed by atoms with E-state index >= 15 is 0 Å². The van der Waals surface area contributed by atoms with Gasteiger partial charge in [-0.3, -0.25) is 0 Å². The molecule has 1 aromatic rings. The third-order valence-corrected chi connectivity index (χ3v) is 3.86. The highest BCUT2D eigenvalue weighted by Gasteiger charge is 2.08. The highest BCUT2D eigenvalue weighted by Crippen LogP contribution is 2.22. The SMILES string of the molecule is C=CCCCC(CSc1ccccc1F)NC. The first kappa shape index (κ1) is 14.3. The fraction of sp³-hybridized carbons (Fsp3) is 0.429. The number of halogens is 1. The minimum Gasteiger partial charge on any atom is -0.316 e. The maximum Gasteiger partial charge on any atom is 0.136 e. The van der Waals surface area contributed by atoms with E-state index in [2.05, 4.69) is 11.9 Å². The fourth-order valence-corrected chi connectivity index (χ4v) is 2.67. The van der Waals surface area contributed by atoms with Crippen LogP contribution < -0.4 is 5.32 Å². The van der Waals surface area contributed by atoms with Gasteiger partial charge in [0.15, 0.2) is 0 Å². The number of allylic oxidation sites excluding steroid dienone is 1. The van der Waals surface area contributed by atoms with Crippen LogP contribution in [-0.2, 0) is 0 Å². The van der Waals surface area contributed by atoms with Crippen molar-refractivity contribution in [1.29, 1.82) is 0 Å². The van der Waals surface area contributed by atoms with Gasteiger partial charge in [-0.15, -0.1) is 18.3 Å². The molecule has 1 rings (SSSR count). The monoisotopic (exact) mass is 253 g/mol. The van der Waals surface area contributed by atoms with Crippen molar-refractivity contribution in [2.24, 2.45) is 0 Å². The Kier molecular flexibility index (Phi) is 6.97. The number of benzene rings is 1. The Morgan fingerprint density at radius 2 is 2.24 bits per heavy atom. The van der Waals surface area contributed by atoms with E-state index in [1.165, 1.54) is 6.07 Å². The average molecular weight is 253 g/mol. The molecule has 0 heterocycles. The van der Waals surface area contributed by atoms with E-state index < -0.39 is 0 Å². The van der Waals surface area contributed by atoms with Gasteiger partial charge < -0.3 is 5.32 Å². The molecule has 1 atom stereocenters. The summed E-state index contributed by atoms with van der Waals surface area (Å²) in [7, 11) is 1.96. The maximum atomic E-state index is 13.4. The maximum absolute atomic E-state index is 13.4. The van der Waals surface area contributed by atoms with E-state index in [1.54, 1.807) is 17.8 Å². The lowest BCUT2D eigenvalue weighted by Crippen LogP contribution is -2.27. The molecule has 94 valence electrons. The molecule has 1 aromatic carbocycles. The summed E-state index contributed by atoms with van der Waals surface area (Å²) < 4.78 is 13.4. The topological polar surface area (TPSA) is 12.0 Å². The molecule has 0 aliphatic carbocycles. The lowest BCUT2D eigenvalue weighted by molar-refractivity contribution is 0.551. The predicted octanol–water partition coefficient (Wildman–Crippen LogP) is 3.86. The molecule has 17 heavy (non-hydrogen) atoms. The summed E-state index contributed by atoms with van der Waals surface area (Å²) in [6.07, 6.45) is 5.22. The van der Waals surface area contributed by atoms with Crippen LogP contribution in [0.4, 0.5) is 4.39 Å². The van der Waals surface area contributed by atoms with Crippen molar-refractivity contribution in [3.63, 3.8) is 0 Å². The van der Waals surface area contributed by atoms with Gasteiger partial charge in [0, 0.05) is 16.7 Å². The summed E-state index contributed by atoms with van der Waals surface area (Å²) in [6, 6.07) is 7.36. The Bertz CT molecular complexity index is 341. The van der Waals surface area contributed by atoms with Gasteiger partial charge in [-0.1, -0.05) is 18.2 Å². The molecule has 0 spiro atoms. The van der Waals surface area contributed by atoms with E-state index in [-0.39, 0.29) is 5.82 Å². The molecular formula is C14H20FNS. The Labute approximate surface area is 107 Å². The third kappa shape index (κ3) is 5.37. The number of thioether (sulfide) groups is 1. The fourth-order valence-electron chi connectivity index (χ4n) is 1.57. The van der Waals surface area contributed by atoms with Crippen molar-refractivity contribution in [3.8, 4) is 0 Å². The van der Waals surface area contributed by atoms with E-state index in [0.29, 0.717) is 6.04 Å². The van der Waals surface area contributed by atoms with Crippen LogP contribution in [0, 0.1) is 5.82 Å². The zero-order valence-corrected chi connectivity index (χ0v) is 11.1. The molecule has 0 aromatic heterocycles. The van der Waals surface area contributed by atoms with E-state index in [1.807, 2.05) is 25.3 Å². The minimum atomic E-state index is -0.126. The summed E-state index contributed by atoms with van der Waals surface area (Å²) >= 11 is 1.57. The van der Waals surface area contributed by atoms with Crippen LogP contribution >= 0.6 is 11.8 Å². The quantitative estimate of drug-likeness (QED) is 0.429. The molecule has 1 N–H and O–H groups in total. The summed E-state index contributed by atoms with van der Waals surface area (Å²) in [5.41, 5.74) is 0. The van der Waals surface area contributed by atoms with Crippen molar-refractivity contribution in [3.05, 3.63) is 42.7 Å². The first-order chi connectivity index (χ1) is 8.27. The average Bonchev–Trinajstić information content (AvgIpc) is 2.35. The molecule has 0 saturated carbocycles.